The van der Waals surface area contributed by atoms with E-state index in [1.54, 1.807) is 22.7 Å². The summed E-state index contributed by atoms with van der Waals surface area (Å²) >= 11 is 1.67. The number of hydrogen-bond donors (Lipinski definition) is 2. The zero-order valence-corrected chi connectivity index (χ0v) is 18.2. The molecule has 10 heteroatoms. The van der Waals surface area contributed by atoms with E-state index < -0.39 is 10.0 Å². The molecule has 1 aliphatic heterocycles. The number of sulfonamides is 1. The van der Waals surface area contributed by atoms with E-state index in [1.807, 2.05) is 13.1 Å². The van der Waals surface area contributed by atoms with Gasteiger partial charge in [0.05, 0.1) is 12.8 Å². The van der Waals surface area contributed by atoms with Gasteiger partial charge in [0.1, 0.15) is 5.01 Å². The van der Waals surface area contributed by atoms with Crippen LogP contribution in [0.2, 0.25) is 0 Å². The number of hydrogen-bond acceptors (Lipinski definition) is 5. The third-order valence-electron chi connectivity index (χ3n) is 3.90. The number of aliphatic imine (C=N–C) groups is 1. The van der Waals surface area contributed by atoms with Crippen molar-refractivity contribution in [1.82, 2.24) is 19.9 Å². The number of piperidine rings is 1. The van der Waals surface area contributed by atoms with Crippen molar-refractivity contribution in [1.29, 1.82) is 0 Å². The standard InChI is InChI=1S/C14H25N5O2S2.HI/c1-11-8-16-13(22-11)10-18-14(15-2)17-9-12-4-6-19(7-5-12)23(3,20)21;/h8,12H,4-7,9-10H2,1-3H3,(H2,15,17,18);1H. The Morgan fingerprint density at radius 1 is 1.42 bits per heavy atom. The van der Waals surface area contributed by atoms with Crippen molar-refractivity contribution >= 4 is 51.3 Å². The quantitative estimate of drug-likeness (QED) is 0.373. The smallest absolute Gasteiger partial charge is 0.211 e. The zero-order chi connectivity index (χ0) is 16.9. The minimum atomic E-state index is -3.05. The van der Waals surface area contributed by atoms with Gasteiger partial charge in [-0.3, -0.25) is 4.99 Å². The van der Waals surface area contributed by atoms with Crippen LogP contribution in [0.3, 0.4) is 0 Å². The number of thiazole rings is 1. The molecular weight excluding hydrogens is 461 g/mol. The lowest BCUT2D eigenvalue weighted by atomic mass is 9.98. The van der Waals surface area contributed by atoms with Crippen LogP contribution in [0.15, 0.2) is 11.2 Å². The molecule has 138 valence electrons. The number of halogens is 1. The van der Waals surface area contributed by atoms with Gasteiger partial charge in [0, 0.05) is 37.8 Å². The highest BCUT2D eigenvalue weighted by Gasteiger charge is 2.24. The van der Waals surface area contributed by atoms with Crippen molar-refractivity contribution in [3.63, 3.8) is 0 Å². The van der Waals surface area contributed by atoms with Crippen LogP contribution in [-0.4, -0.2) is 56.6 Å². The van der Waals surface area contributed by atoms with Gasteiger partial charge in [0.2, 0.25) is 10.0 Å². The van der Waals surface area contributed by atoms with Crippen LogP contribution in [0.1, 0.15) is 22.7 Å². The Labute approximate surface area is 165 Å². The second-order valence-corrected chi connectivity index (χ2v) is 9.08. The second-order valence-electron chi connectivity index (χ2n) is 5.78. The fourth-order valence-corrected chi connectivity index (χ4v) is 4.15. The maximum absolute atomic E-state index is 11.5. The van der Waals surface area contributed by atoms with Crippen molar-refractivity contribution in [3.05, 3.63) is 16.1 Å². The number of nitrogens with one attached hydrogen (secondary N) is 2. The summed E-state index contributed by atoms with van der Waals surface area (Å²) in [4.78, 5) is 9.72. The van der Waals surface area contributed by atoms with Gasteiger partial charge in [0.25, 0.3) is 0 Å². The molecule has 7 nitrogen and oxygen atoms in total. The normalized spacial score (nSPS) is 17.4. The van der Waals surface area contributed by atoms with E-state index in [0.717, 1.165) is 30.4 Å². The molecule has 1 aromatic heterocycles. The van der Waals surface area contributed by atoms with Gasteiger partial charge in [-0.2, -0.15) is 0 Å². The van der Waals surface area contributed by atoms with Gasteiger partial charge in [-0.05, 0) is 25.7 Å². The lowest BCUT2D eigenvalue weighted by Crippen LogP contribution is -2.43. The van der Waals surface area contributed by atoms with Gasteiger partial charge in [-0.25, -0.2) is 17.7 Å². The van der Waals surface area contributed by atoms with Gasteiger partial charge >= 0.3 is 0 Å². The summed E-state index contributed by atoms with van der Waals surface area (Å²) in [6, 6.07) is 0. The number of rotatable bonds is 5. The number of guanidine groups is 1. The molecule has 0 unspecified atom stereocenters. The predicted octanol–water partition coefficient (Wildman–Crippen LogP) is 1.41. The van der Waals surface area contributed by atoms with Crippen LogP contribution >= 0.6 is 35.3 Å². The van der Waals surface area contributed by atoms with Crippen molar-refractivity contribution in [2.45, 2.75) is 26.3 Å². The molecule has 0 aliphatic carbocycles. The highest BCUT2D eigenvalue weighted by atomic mass is 127. The van der Waals surface area contributed by atoms with E-state index >= 15 is 0 Å². The van der Waals surface area contributed by atoms with E-state index in [1.165, 1.54) is 11.1 Å². The minimum Gasteiger partial charge on any atom is -0.356 e. The van der Waals surface area contributed by atoms with Gasteiger partial charge < -0.3 is 10.6 Å². The molecule has 0 saturated carbocycles. The summed E-state index contributed by atoms with van der Waals surface area (Å²) in [5.74, 6) is 1.22. The van der Waals surface area contributed by atoms with Crippen LogP contribution in [-0.2, 0) is 16.6 Å². The number of aromatic nitrogens is 1. The van der Waals surface area contributed by atoms with E-state index in [4.69, 9.17) is 0 Å². The van der Waals surface area contributed by atoms with Crippen molar-refractivity contribution in [2.24, 2.45) is 10.9 Å². The average Bonchev–Trinajstić information content (AvgIpc) is 2.92. The van der Waals surface area contributed by atoms with Crippen molar-refractivity contribution in [2.75, 3.05) is 32.9 Å². The maximum atomic E-state index is 11.5. The Hall–Kier alpha value is -0.460. The summed E-state index contributed by atoms with van der Waals surface area (Å²) in [6.07, 6.45) is 4.90. The van der Waals surface area contributed by atoms with Crippen molar-refractivity contribution < 1.29 is 8.42 Å². The molecule has 0 spiro atoms. The molecule has 1 fully saturated rings. The van der Waals surface area contributed by atoms with Gasteiger partial charge in [0.15, 0.2) is 5.96 Å². The monoisotopic (exact) mass is 487 g/mol. The van der Waals surface area contributed by atoms with Gasteiger partial charge in [-0.15, -0.1) is 35.3 Å². The average molecular weight is 487 g/mol. The first-order valence-electron chi connectivity index (χ1n) is 7.69. The molecule has 0 atom stereocenters. The summed E-state index contributed by atoms with van der Waals surface area (Å²) in [5, 5.41) is 7.60. The Morgan fingerprint density at radius 2 is 2.08 bits per heavy atom. The molecule has 24 heavy (non-hydrogen) atoms. The molecule has 0 bridgehead atoms. The van der Waals surface area contributed by atoms with Crippen LogP contribution in [0, 0.1) is 12.8 Å². The molecule has 1 aromatic rings. The lowest BCUT2D eigenvalue weighted by Gasteiger charge is -2.30. The van der Waals surface area contributed by atoms with E-state index in [-0.39, 0.29) is 24.0 Å². The van der Waals surface area contributed by atoms with E-state index in [2.05, 4.69) is 20.6 Å². The van der Waals surface area contributed by atoms with Crippen molar-refractivity contribution in [3.8, 4) is 0 Å². The Kier molecular flexibility index (Phi) is 8.88. The third-order valence-corrected chi connectivity index (χ3v) is 6.12. The van der Waals surface area contributed by atoms with Gasteiger partial charge in [-0.1, -0.05) is 0 Å². The molecule has 1 saturated heterocycles. The number of nitrogens with zero attached hydrogens (tertiary/aromatic N) is 3. The zero-order valence-electron chi connectivity index (χ0n) is 14.3. The molecule has 0 amide bonds. The molecule has 2 heterocycles. The van der Waals surface area contributed by atoms with E-state index in [0.29, 0.717) is 25.6 Å². The largest absolute Gasteiger partial charge is 0.356 e. The Balaban J connectivity index is 0.00000288. The number of aryl methyl sites for hydroxylation is 1. The first-order chi connectivity index (χ1) is 10.9. The highest BCUT2D eigenvalue weighted by Crippen LogP contribution is 2.18. The molecule has 1 aliphatic rings. The third kappa shape index (κ3) is 6.81. The SMILES string of the molecule is CN=C(NCc1ncc(C)s1)NCC1CCN(S(C)(=O)=O)CC1.I. The Bertz CT molecular complexity index is 639. The summed E-state index contributed by atoms with van der Waals surface area (Å²) < 4.78 is 24.6. The topological polar surface area (TPSA) is 86.7 Å². The summed E-state index contributed by atoms with van der Waals surface area (Å²) in [5.41, 5.74) is 0. The van der Waals surface area contributed by atoms with Crippen LogP contribution in [0.25, 0.3) is 0 Å². The predicted molar refractivity (Wildman–Crippen MR) is 110 cm³/mol. The lowest BCUT2D eigenvalue weighted by molar-refractivity contribution is 0.275. The summed E-state index contributed by atoms with van der Waals surface area (Å²) in [7, 11) is -1.31. The molecular formula is C14H26IN5O2S2. The highest BCUT2D eigenvalue weighted by molar-refractivity contribution is 14.0. The van der Waals surface area contributed by atoms with Crippen LogP contribution in [0.4, 0.5) is 0 Å². The summed E-state index contributed by atoms with van der Waals surface area (Å²) in [6.45, 7) is 4.71. The molecule has 0 radical (unpaired) electrons. The van der Waals surface area contributed by atoms with Crippen LogP contribution < -0.4 is 10.6 Å². The maximum Gasteiger partial charge on any atom is 0.211 e. The fraction of sp³-hybridized carbons (Fsp3) is 0.714. The Morgan fingerprint density at radius 3 is 2.58 bits per heavy atom. The van der Waals surface area contributed by atoms with E-state index in [9.17, 15) is 8.42 Å². The first-order valence-corrected chi connectivity index (χ1v) is 10.4. The minimum absolute atomic E-state index is 0. The first kappa shape index (κ1) is 21.6. The van der Waals surface area contributed by atoms with Crippen LogP contribution in [0.5, 0.6) is 0 Å². The molecule has 2 rings (SSSR count). The molecule has 0 aromatic carbocycles. The second kappa shape index (κ2) is 9.88. The fourth-order valence-electron chi connectivity index (χ4n) is 2.55. The molecule has 2 N–H and O–H groups in total.